The highest BCUT2D eigenvalue weighted by Crippen LogP contribution is 2.15. The highest BCUT2D eigenvalue weighted by Gasteiger charge is 1.97. The Bertz CT molecular complexity index is 363. The van der Waals surface area contributed by atoms with Crippen LogP contribution in [0, 0.1) is 0 Å². The van der Waals surface area contributed by atoms with E-state index in [1.54, 1.807) is 6.08 Å². The van der Waals surface area contributed by atoms with Gasteiger partial charge >= 0.3 is 0 Å². The van der Waals surface area contributed by atoms with Crippen molar-refractivity contribution in [2.75, 3.05) is 6.54 Å². The van der Waals surface area contributed by atoms with Crippen LogP contribution in [0.15, 0.2) is 30.3 Å². The molecule has 0 atom stereocenters. The van der Waals surface area contributed by atoms with Crippen LogP contribution >= 0.6 is 0 Å². The van der Waals surface area contributed by atoms with E-state index in [1.165, 1.54) is 5.56 Å². The van der Waals surface area contributed by atoms with Gasteiger partial charge in [-0.05, 0) is 30.0 Å². The Hall–Kier alpha value is -1.57. The molecule has 16 heavy (non-hydrogen) atoms. The first-order chi connectivity index (χ1) is 7.63. The number of likely N-dealkylation sites (N-methyl/N-ethyl adjacent to an activating group) is 1. The van der Waals surface area contributed by atoms with E-state index in [0.29, 0.717) is 12.5 Å². The maximum Gasteiger partial charge on any atom is 0.243 e. The molecule has 0 aliphatic heterocycles. The Morgan fingerprint density at radius 3 is 2.44 bits per heavy atom. The lowest BCUT2D eigenvalue weighted by atomic mass is 10.0. The van der Waals surface area contributed by atoms with E-state index in [4.69, 9.17) is 0 Å². The normalized spacial score (nSPS) is 11.0. The van der Waals surface area contributed by atoms with Gasteiger partial charge in [-0.3, -0.25) is 4.79 Å². The Morgan fingerprint density at radius 1 is 1.31 bits per heavy atom. The number of hydrogen-bond donors (Lipinski definition) is 1. The highest BCUT2D eigenvalue weighted by atomic mass is 16.1. The lowest BCUT2D eigenvalue weighted by molar-refractivity contribution is -0.116. The number of carbonyl (C=O) groups is 1. The summed E-state index contributed by atoms with van der Waals surface area (Å²) in [5, 5.41) is 2.72. The average molecular weight is 217 g/mol. The minimum atomic E-state index is -0.0459. The van der Waals surface area contributed by atoms with Crippen molar-refractivity contribution in [2.45, 2.75) is 26.7 Å². The van der Waals surface area contributed by atoms with E-state index < -0.39 is 0 Å². The van der Waals surface area contributed by atoms with Crippen molar-refractivity contribution in [3.63, 3.8) is 0 Å². The molecule has 0 aromatic heterocycles. The van der Waals surface area contributed by atoms with Gasteiger partial charge in [0.1, 0.15) is 0 Å². The molecule has 0 spiro atoms. The topological polar surface area (TPSA) is 29.1 Å². The van der Waals surface area contributed by atoms with E-state index in [9.17, 15) is 4.79 Å². The largest absolute Gasteiger partial charge is 0.353 e. The Balaban J connectivity index is 2.65. The van der Waals surface area contributed by atoms with Crippen molar-refractivity contribution >= 4 is 12.0 Å². The van der Waals surface area contributed by atoms with Gasteiger partial charge < -0.3 is 5.32 Å². The van der Waals surface area contributed by atoms with Crippen LogP contribution in [0.3, 0.4) is 0 Å². The van der Waals surface area contributed by atoms with Crippen molar-refractivity contribution in [3.8, 4) is 0 Å². The van der Waals surface area contributed by atoms with Gasteiger partial charge in [0.15, 0.2) is 0 Å². The molecule has 1 aromatic rings. The van der Waals surface area contributed by atoms with Crippen LogP contribution in [0.1, 0.15) is 37.8 Å². The second-order valence-electron chi connectivity index (χ2n) is 4.05. The first kappa shape index (κ1) is 12.5. The molecule has 0 aliphatic rings. The third kappa shape index (κ3) is 3.89. The fourth-order valence-corrected chi connectivity index (χ4v) is 1.40. The summed E-state index contributed by atoms with van der Waals surface area (Å²) in [6, 6.07) is 8.26. The SMILES string of the molecule is CCNC(=O)C=Cc1ccc(C(C)C)cc1. The summed E-state index contributed by atoms with van der Waals surface area (Å²) in [6.07, 6.45) is 3.39. The van der Waals surface area contributed by atoms with E-state index in [1.807, 2.05) is 25.1 Å². The quantitative estimate of drug-likeness (QED) is 0.772. The predicted octanol–water partition coefficient (Wildman–Crippen LogP) is 2.96. The number of nitrogens with one attached hydrogen (secondary N) is 1. The number of benzene rings is 1. The molecule has 0 radical (unpaired) electrons. The molecular formula is C14H19NO. The van der Waals surface area contributed by atoms with E-state index in [0.717, 1.165) is 5.56 Å². The molecule has 2 nitrogen and oxygen atoms in total. The Kier molecular flexibility index (Phi) is 4.77. The zero-order valence-corrected chi connectivity index (χ0v) is 10.2. The van der Waals surface area contributed by atoms with Gasteiger partial charge in [0.05, 0.1) is 0 Å². The smallest absolute Gasteiger partial charge is 0.243 e. The molecule has 0 aliphatic carbocycles. The molecule has 0 heterocycles. The zero-order chi connectivity index (χ0) is 12.0. The maximum atomic E-state index is 11.2. The van der Waals surface area contributed by atoms with Crippen LogP contribution < -0.4 is 5.32 Å². The van der Waals surface area contributed by atoms with Gasteiger partial charge in [-0.15, -0.1) is 0 Å². The van der Waals surface area contributed by atoms with Crippen molar-refractivity contribution in [2.24, 2.45) is 0 Å². The lowest BCUT2D eigenvalue weighted by Crippen LogP contribution is -2.19. The molecular weight excluding hydrogens is 198 g/mol. The molecule has 0 fully saturated rings. The van der Waals surface area contributed by atoms with Gasteiger partial charge in [0.25, 0.3) is 0 Å². The van der Waals surface area contributed by atoms with Crippen LogP contribution in [-0.4, -0.2) is 12.5 Å². The van der Waals surface area contributed by atoms with Crippen LogP contribution in [0.25, 0.3) is 6.08 Å². The van der Waals surface area contributed by atoms with Crippen molar-refractivity contribution < 1.29 is 4.79 Å². The second-order valence-corrected chi connectivity index (χ2v) is 4.05. The monoisotopic (exact) mass is 217 g/mol. The number of amides is 1. The van der Waals surface area contributed by atoms with Crippen molar-refractivity contribution in [3.05, 3.63) is 41.5 Å². The molecule has 2 heteroatoms. The summed E-state index contributed by atoms with van der Waals surface area (Å²) in [4.78, 5) is 11.2. The van der Waals surface area contributed by atoms with E-state index in [-0.39, 0.29) is 5.91 Å². The summed E-state index contributed by atoms with van der Waals surface area (Å²) in [5.74, 6) is 0.497. The molecule has 1 aromatic carbocycles. The average Bonchev–Trinajstić information content (AvgIpc) is 2.27. The molecule has 1 amide bonds. The summed E-state index contributed by atoms with van der Waals surface area (Å²) < 4.78 is 0. The van der Waals surface area contributed by atoms with Crippen LogP contribution in [-0.2, 0) is 4.79 Å². The predicted molar refractivity (Wildman–Crippen MR) is 68.2 cm³/mol. The molecule has 0 unspecified atom stereocenters. The first-order valence-corrected chi connectivity index (χ1v) is 5.69. The maximum absolute atomic E-state index is 11.2. The van der Waals surface area contributed by atoms with Crippen molar-refractivity contribution in [1.29, 1.82) is 0 Å². The number of hydrogen-bond acceptors (Lipinski definition) is 1. The summed E-state index contributed by atoms with van der Waals surface area (Å²) >= 11 is 0. The standard InChI is InChI=1S/C14H19NO/c1-4-15-14(16)10-7-12-5-8-13(9-6-12)11(2)3/h5-11H,4H2,1-3H3,(H,15,16). The fraction of sp³-hybridized carbons (Fsp3) is 0.357. The van der Waals surface area contributed by atoms with Gasteiger partial charge in [-0.1, -0.05) is 38.1 Å². The van der Waals surface area contributed by atoms with E-state index in [2.05, 4.69) is 31.3 Å². The molecule has 1 N–H and O–H groups in total. The van der Waals surface area contributed by atoms with Gasteiger partial charge in [0, 0.05) is 12.6 Å². The van der Waals surface area contributed by atoms with Crippen LogP contribution in [0.4, 0.5) is 0 Å². The van der Waals surface area contributed by atoms with E-state index >= 15 is 0 Å². The molecule has 86 valence electrons. The van der Waals surface area contributed by atoms with Crippen LogP contribution in [0.2, 0.25) is 0 Å². The minimum absolute atomic E-state index is 0.0459. The fourth-order valence-electron chi connectivity index (χ4n) is 1.40. The summed E-state index contributed by atoms with van der Waals surface area (Å²) in [7, 11) is 0. The van der Waals surface area contributed by atoms with Gasteiger partial charge in [-0.2, -0.15) is 0 Å². The lowest BCUT2D eigenvalue weighted by Gasteiger charge is -2.04. The first-order valence-electron chi connectivity index (χ1n) is 5.69. The highest BCUT2D eigenvalue weighted by molar-refractivity contribution is 5.91. The number of carbonyl (C=O) groups excluding carboxylic acids is 1. The summed E-state index contributed by atoms with van der Waals surface area (Å²) in [5.41, 5.74) is 2.37. The third-order valence-corrected chi connectivity index (χ3v) is 2.38. The zero-order valence-electron chi connectivity index (χ0n) is 10.2. The third-order valence-electron chi connectivity index (χ3n) is 2.38. The molecule has 1 rings (SSSR count). The molecule has 0 bridgehead atoms. The molecule has 0 saturated carbocycles. The summed E-state index contributed by atoms with van der Waals surface area (Å²) in [6.45, 7) is 6.90. The minimum Gasteiger partial charge on any atom is -0.353 e. The van der Waals surface area contributed by atoms with Crippen molar-refractivity contribution in [1.82, 2.24) is 5.32 Å². The van der Waals surface area contributed by atoms with Gasteiger partial charge in [-0.25, -0.2) is 0 Å². The van der Waals surface area contributed by atoms with Crippen LogP contribution in [0.5, 0.6) is 0 Å². The van der Waals surface area contributed by atoms with Gasteiger partial charge in [0.2, 0.25) is 5.91 Å². The second kappa shape index (κ2) is 6.11. The molecule has 0 saturated heterocycles. The Morgan fingerprint density at radius 2 is 1.94 bits per heavy atom. The Labute approximate surface area is 97.4 Å². The number of rotatable bonds is 4.